The second-order valence-electron chi connectivity index (χ2n) is 4.49. The number of hydrogen-bond donors (Lipinski definition) is 1. The Balaban J connectivity index is 2.42. The predicted molar refractivity (Wildman–Crippen MR) is 65.6 cm³/mol. The molecule has 6 nitrogen and oxygen atoms in total. The Kier molecular flexibility index (Phi) is 3.18. The quantitative estimate of drug-likeness (QED) is 0.654. The molecule has 2 unspecified atom stereocenters. The Hall–Kier alpha value is -2.11. The van der Waals surface area contributed by atoms with Crippen LogP contribution in [0.15, 0.2) is 24.3 Å². The number of anilines is 1. The van der Waals surface area contributed by atoms with E-state index >= 15 is 0 Å². The van der Waals surface area contributed by atoms with Crippen molar-refractivity contribution in [2.24, 2.45) is 5.92 Å². The molecule has 18 heavy (non-hydrogen) atoms. The Morgan fingerprint density at radius 1 is 1.50 bits per heavy atom. The van der Waals surface area contributed by atoms with Gasteiger partial charge in [-0.15, -0.1) is 0 Å². The van der Waals surface area contributed by atoms with Crippen molar-refractivity contribution in [1.29, 1.82) is 0 Å². The van der Waals surface area contributed by atoms with Crippen LogP contribution in [0.2, 0.25) is 0 Å². The van der Waals surface area contributed by atoms with Crippen LogP contribution in [0.1, 0.15) is 13.3 Å². The van der Waals surface area contributed by atoms with Gasteiger partial charge in [0.05, 0.1) is 4.92 Å². The lowest BCUT2D eigenvalue weighted by molar-refractivity contribution is -0.384. The Bertz CT molecular complexity index is 489. The summed E-state index contributed by atoms with van der Waals surface area (Å²) in [5, 5.41) is 20.2. The van der Waals surface area contributed by atoms with Crippen molar-refractivity contribution in [2.45, 2.75) is 19.4 Å². The highest BCUT2D eigenvalue weighted by molar-refractivity contribution is 5.81. The van der Waals surface area contributed by atoms with Crippen molar-refractivity contribution in [3.63, 3.8) is 0 Å². The number of para-hydroxylation sites is 2. The number of nitrogens with zero attached hydrogens (tertiary/aromatic N) is 2. The van der Waals surface area contributed by atoms with E-state index in [9.17, 15) is 20.0 Å². The number of carbonyl (C=O) groups is 1. The van der Waals surface area contributed by atoms with Gasteiger partial charge in [0, 0.05) is 12.6 Å². The molecule has 1 aliphatic rings. The van der Waals surface area contributed by atoms with E-state index in [4.69, 9.17) is 0 Å². The molecule has 0 saturated carbocycles. The minimum Gasteiger partial charge on any atom is -0.480 e. The maximum absolute atomic E-state index is 11.3. The van der Waals surface area contributed by atoms with E-state index in [2.05, 4.69) is 0 Å². The molecule has 0 aliphatic carbocycles. The van der Waals surface area contributed by atoms with Crippen molar-refractivity contribution < 1.29 is 14.8 Å². The Labute approximate surface area is 104 Å². The lowest BCUT2D eigenvalue weighted by atomic mass is 10.0. The summed E-state index contributed by atoms with van der Waals surface area (Å²) in [4.78, 5) is 23.4. The van der Waals surface area contributed by atoms with Gasteiger partial charge in [-0.05, 0) is 18.4 Å². The number of aliphatic carboxylic acids is 1. The van der Waals surface area contributed by atoms with Crippen LogP contribution in [0.4, 0.5) is 11.4 Å². The number of carboxylic acids is 1. The molecule has 6 heteroatoms. The highest BCUT2D eigenvalue weighted by Gasteiger charge is 2.39. The number of nitro benzene ring substituents is 1. The topological polar surface area (TPSA) is 83.7 Å². The number of benzene rings is 1. The summed E-state index contributed by atoms with van der Waals surface area (Å²) in [6.07, 6.45) is 0.725. The summed E-state index contributed by atoms with van der Waals surface area (Å²) in [7, 11) is 0. The molecule has 96 valence electrons. The molecule has 0 bridgehead atoms. The zero-order chi connectivity index (χ0) is 13.3. The molecule has 0 amide bonds. The van der Waals surface area contributed by atoms with Crippen LogP contribution in [-0.4, -0.2) is 28.6 Å². The molecular weight excluding hydrogens is 236 g/mol. The van der Waals surface area contributed by atoms with Crippen molar-refractivity contribution in [3.05, 3.63) is 34.4 Å². The number of hydrogen-bond acceptors (Lipinski definition) is 4. The van der Waals surface area contributed by atoms with Gasteiger partial charge in [0.2, 0.25) is 0 Å². The molecule has 1 aliphatic heterocycles. The second-order valence-corrected chi connectivity index (χ2v) is 4.49. The lowest BCUT2D eigenvalue weighted by Gasteiger charge is -2.24. The van der Waals surface area contributed by atoms with Crippen LogP contribution in [0.3, 0.4) is 0 Å². The van der Waals surface area contributed by atoms with Crippen molar-refractivity contribution in [2.75, 3.05) is 11.4 Å². The van der Waals surface area contributed by atoms with Gasteiger partial charge >= 0.3 is 5.97 Å². The van der Waals surface area contributed by atoms with Crippen LogP contribution in [0.25, 0.3) is 0 Å². The van der Waals surface area contributed by atoms with Crippen molar-refractivity contribution in [1.82, 2.24) is 0 Å². The van der Waals surface area contributed by atoms with Gasteiger partial charge in [-0.25, -0.2) is 4.79 Å². The normalized spacial score (nSPS) is 23.1. The van der Waals surface area contributed by atoms with Gasteiger partial charge in [-0.1, -0.05) is 19.1 Å². The standard InChI is InChI=1S/C12H14N2O4/c1-8-6-7-13(11(8)12(15)16)9-4-2-3-5-10(9)14(17)18/h2-5,8,11H,6-7H2,1H3,(H,15,16). The minimum atomic E-state index is -0.932. The summed E-state index contributed by atoms with van der Waals surface area (Å²) in [5.41, 5.74) is 0.345. The van der Waals surface area contributed by atoms with Crippen LogP contribution in [0, 0.1) is 16.0 Å². The maximum Gasteiger partial charge on any atom is 0.326 e. The van der Waals surface area contributed by atoms with Crippen molar-refractivity contribution >= 4 is 17.3 Å². The third kappa shape index (κ3) is 2.01. The molecule has 1 aromatic rings. The Morgan fingerprint density at radius 2 is 2.17 bits per heavy atom. The highest BCUT2D eigenvalue weighted by atomic mass is 16.6. The lowest BCUT2D eigenvalue weighted by Crippen LogP contribution is -2.39. The fourth-order valence-corrected chi connectivity index (χ4v) is 2.46. The number of rotatable bonds is 3. The third-order valence-electron chi connectivity index (χ3n) is 3.34. The first-order valence-electron chi connectivity index (χ1n) is 5.75. The van der Waals surface area contributed by atoms with Crippen LogP contribution < -0.4 is 4.90 Å². The largest absolute Gasteiger partial charge is 0.480 e. The van der Waals surface area contributed by atoms with E-state index in [0.717, 1.165) is 6.42 Å². The molecule has 1 heterocycles. The van der Waals surface area contributed by atoms with Crippen LogP contribution >= 0.6 is 0 Å². The zero-order valence-electron chi connectivity index (χ0n) is 9.94. The van der Waals surface area contributed by atoms with E-state index < -0.39 is 16.9 Å². The van der Waals surface area contributed by atoms with E-state index in [0.29, 0.717) is 12.2 Å². The maximum atomic E-state index is 11.3. The van der Waals surface area contributed by atoms with Gasteiger partial charge < -0.3 is 10.0 Å². The molecule has 0 aromatic heterocycles. The average molecular weight is 250 g/mol. The fraction of sp³-hybridized carbons (Fsp3) is 0.417. The van der Waals surface area contributed by atoms with Crippen LogP contribution in [0.5, 0.6) is 0 Å². The van der Waals surface area contributed by atoms with E-state index in [1.807, 2.05) is 6.92 Å². The molecule has 1 fully saturated rings. The summed E-state index contributed by atoms with van der Waals surface area (Å²) < 4.78 is 0. The van der Waals surface area contributed by atoms with Gasteiger partial charge in [0.15, 0.2) is 0 Å². The molecule has 2 rings (SSSR count). The van der Waals surface area contributed by atoms with E-state index in [1.165, 1.54) is 6.07 Å². The van der Waals surface area contributed by atoms with Gasteiger partial charge in [-0.3, -0.25) is 10.1 Å². The molecule has 1 N–H and O–H groups in total. The molecule has 2 atom stereocenters. The van der Waals surface area contributed by atoms with Crippen molar-refractivity contribution in [3.8, 4) is 0 Å². The SMILES string of the molecule is CC1CCN(c2ccccc2[N+](=O)[O-])C1C(=O)O. The molecular formula is C12H14N2O4. The molecule has 1 saturated heterocycles. The number of carboxylic acid groups (broad SMARTS) is 1. The van der Waals surface area contributed by atoms with E-state index in [-0.39, 0.29) is 11.6 Å². The van der Waals surface area contributed by atoms with Gasteiger partial charge in [0.1, 0.15) is 11.7 Å². The first kappa shape index (κ1) is 12.3. The smallest absolute Gasteiger partial charge is 0.326 e. The van der Waals surface area contributed by atoms with Gasteiger partial charge in [0.25, 0.3) is 5.69 Å². The van der Waals surface area contributed by atoms with Crippen LogP contribution in [-0.2, 0) is 4.79 Å². The number of nitro groups is 1. The summed E-state index contributed by atoms with van der Waals surface area (Å²) in [5.74, 6) is -0.944. The average Bonchev–Trinajstić information content (AvgIpc) is 2.71. The highest BCUT2D eigenvalue weighted by Crippen LogP contribution is 2.35. The third-order valence-corrected chi connectivity index (χ3v) is 3.34. The Morgan fingerprint density at radius 3 is 2.78 bits per heavy atom. The fourth-order valence-electron chi connectivity index (χ4n) is 2.46. The summed E-state index contributed by atoms with van der Waals surface area (Å²) >= 11 is 0. The molecule has 0 spiro atoms. The molecule has 0 radical (unpaired) electrons. The summed E-state index contributed by atoms with van der Waals surface area (Å²) in [6, 6.07) is 5.58. The zero-order valence-corrected chi connectivity index (χ0v) is 9.94. The summed E-state index contributed by atoms with van der Waals surface area (Å²) in [6.45, 7) is 2.39. The van der Waals surface area contributed by atoms with E-state index in [1.54, 1.807) is 23.1 Å². The monoisotopic (exact) mass is 250 g/mol. The predicted octanol–water partition coefficient (Wildman–Crippen LogP) is 1.89. The first-order chi connectivity index (χ1) is 8.52. The minimum absolute atomic E-state index is 0.0117. The first-order valence-corrected chi connectivity index (χ1v) is 5.75. The molecule has 1 aromatic carbocycles. The van der Waals surface area contributed by atoms with Gasteiger partial charge in [-0.2, -0.15) is 0 Å². The second kappa shape index (κ2) is 4.64.